The van der Waals surface area contributed by atoms with Crippen molar-refractivity contribution in [3.63, 3.8) is 0 Å². The summed E-state index contributed by atoms with van der Waals surface area (Å²) in [6.07, 6.45) is 1.03. The largest absolute Gasteiger partial charge is 0.396 e. The summed E-state index contributed by atoms with van der Waals surface area (Å²) >= 11 is 11.6. The van der Waals surface area contributed by atoms with Gasteiger partial charge in [0.05, 0.1) is 0 Å². The molecule has 0 aromatic heterocycles. The van der Waals surface area contributed by atoms with Crippen LogP contribution in [0.3, 0.4) is 0 Å². The van der Waals surface area contributed by atoms with Gasteiger partial charge in [-0.3, -0.25) is 9.59 Å². The van der Waals surface area contributed by atoms with Gasteiger partial charge in [-0.15, -0.1) is 0 Å². The van der Waals surface area contributed by atoms with Crippen LogP contribution in [0.15, 0.2) is 18.2 Å². The number of hydrogen-bond acceptors (Lipinski definition) is 3. The van der Waals surface area contributed by atoms with Crippen LogP contribution < -0.4 is 10.6 Å². The molecule has 1 atom stereocenters. The summed E-state index contributed by atoms with van der Waals surface area (Å²) in [6, 6.07) is 4.27. The Labute approximate surface area is 127 Å². The number of carbonyl (C=O) groups excluding carboxylic acids is 2. The lowest BCUT2D eigenvalue weighted by Crippen LogP contribution is -2.42. The van der Waals surface area contributed by atoms with Gasteiger partial charge in [0.25, 0.3) is 0 Å². The molecule has 5 nitrogen and oxygen atoms in total. The number of nitrogens with one attached hydrogen (secondary N) is 2. The van der Waals surface area contributed by atoms with Gasteiger partial charge in [0.2, 0.25) is 0 Å². The third-order valence-corrected chi connectivity index (χ3v) is 3.07. The average Bonchev–Trinajstić information content (AvgIpc) is 2.36. The van der Waals surface area contributed by atoms with E-state index in [2.05, 4.69) is 10.6 Å². The maximum Gasteiger partial charge on any atom is 0.313 e. The predicted molar refractivity (Wildman–Crippen MR) is 79.0 cm³/mol. The van der Waals surface area contributed by atoms with Gasteiger partial charge < -0.3 is 15.7 Å². The minimum Gasteiger partial charge on any atom is -0.396 e. The molecule has 7 heteroatoms. The van der Waals surface area contributed by atoms with E-state index in [-0.39, 0.29) is 12.6 Å². The van der Waals surface area contributed by atoms with Gasteiger partial charge in [0.1, 0.15) is 0 Å². The van der Waals surface area contributed by atoms with Crippen LogP contribution in [0.5, 0.6) is 0 Å². The van der Waals surface area contributed by atoms with Gasteiger partial charge in [-0.2, -0.15) is 0 Å². The average molecular weight is 319 g/mol. The second-order valence-electron chi connectivity index (χ2n) is 4.20. The molecule has 0 spiro atoms. The standard InChI is InChI=1S/C13H16Cl2N2O3/c1-2-10(3-4-18)16-12(19)13(20)17-11-6-8(14)5-9(15)7-11/h5-7,10,18H,2-4H2,1H3,(H,16,19)(H,17,20). The maximum atomic E-state index is 11.7. The number of rotatable bonds is 5. The SMILES string of the molecule is CCC(CCO)NC(=O)C(=O)Nc1cc(Cl)cc(Cl)c1. The fraction of sp³-hybridized carbons (Fsp3) is 0.385. The van der Waals surface area contributed by atoms with Crippen molar-refractivity contribution < 1.29 is 14.7 Å². The Balaban J connectivity index is 2.63. The number of hydrogen-bond donors (Lipinski definition) is 3. The number of aliphatic hydroxyl groups is 1. The van der Waals surface area contributed by atoms with E-state index in [9.17, 15) is 9.59 Å². The van der Waals surface area contributed by atoms with E-state index in [0.717, 1.165) is 0 Å². The van der Waals surface area contributed by atoms with Gasteiger partial charge >= 0.3 is 11.8 Å². The number of halogens is 2. The molecule has 0 saturated heterocycles. The third kappa shape index (κ3) is 5.36. The van der Waals surface area contributed by atoms with E-state index < -0.39 is 11.8 Å². The zero-order valence-corrected chi connectivity index (χ0v) is 12.5. The third-order valence-electron chi connectivity index (χ3n) is 2.63. The highest BCUT2D eigenvalue weighted by atomic mass is 35.5. The molecular formula is C13H16Cl2N2O3. The monoisotopic (exact) mass is 318 g/mol. The fourth-order valence-corrected chi connectivity index (χ4v) is 2.13. The van der Waals surface area contributed by atoms with Crippen LogP contribution in [-0.4, -0.2) is 29.6 Å². The van der Waals surface area contributed by atoms with Crippen molar-refractivity contribution in [2.24, 2.45) is 0 Å². The number of anilines is 1. The smallest absolute Gasteiger partial charge is 0.313 e. The highest BCUT2D eigenvalue weighted by Crippen LogP contribution is 2.22. The van der Waals surface area contributed by atoms with Crippen molar-refractivity contribution in [3.8, 4) is 0 Å². The van der Waals surface area contributed by atoms with Crippen LogP contribution in [0.1, 0.15) is 19.8 Å². The molecule has 0 aliphatic carbocycles. The Hall–Kier alpha value is -1.30. The summed E-state index contributed by atoms with van der Waals surface area (Å²) < 4.78 is 0. The van der Waals surface area contributed by atoms with Crippen LogP contribution in [0.2, 0.25) is 10.0 Å². The van der Waals surface area contributed by atoms with E-state index in [4.69, 9.17) is 28.3 Å². The van der Waals surface area contributed by atoms with E-state index in [1.54, 1.807) is 0 Å². The van der Waals surface area contributed by atoms with Gasteiger partial charge in [-0.25, -0.2) is 0 Å². The van der Waals surface area contributed by atoms with Crippen molar-refractivity contribution in [2.75, 3.05) is 11.9 Å². The molecule has 1 unspecified atom stereocenters. The first-order valence-corrected chi connectivity index (χ1v) is 6.90. The zero-order chi connectivity index (χ0) is 15.1. The zero-order valence-electron chi connectivity index (χ0n) is 11.0. The van der Waals surface area contributed by atoms with E-state index in [0.29, 0.717) is 28.6 Å². The van der Waals surface area contributed by atoms with Gasteiger partial charge in [0, 0.05) is 28.4 Å². The molecule has 1 aromatic rings. The maximum absolute atomic E-state index is 11.7. The van der Waals surface area contributed by atoms with E-state index in [1.807, 2.05) is 6.92 Å². The molecule has 20 heavy (non-hydrogen) atoms. The van der Waals surface area contributed by atoms with Crippen molar-refractivity contribution in [2.45, 2.75) is 25.8 Å². The minimum atomic E-state index is -0.806. The molecule has 2 amide bonds. The van der Waals surface area contributed by atoms with Crippen LogP contribution in [0, 0.1) is 0 Å². The molecule has 110 valence electrons. The van der Waals surface area contributed by atoms with Crippen molar-refractivity contribution >= 4 is 40.7 Å². The Morgan fingerprint density at radius 2 is 1.80 bits per heavy atom. The highest BCUT2D eigenvalue weighted by molar-refractivity contribution is 6.40. The molecular weight excluding hydrogens is 303 g/mol. The summed E-state index contributed by atoms with van der Waals surface area (Å²) in [6.45, 7) is 1.81. The van der Waals surface area contributed by atoms with Gasteiger partial charge in [-0.1, -0.05) is 30.1 Å². The second-order valence-corrected chi connectivity index (χ2v) is 5.08. The summed E-state index contributed by atoms with van der Waals surface area (Å²) in [4.78, 5) is 23.4. The van der Waals surface area contributed by atoms with E-state index in [1.165, 1.54) is 18.2 Å². The second kappa shape index (κ2) is 8.09. The van der Waals surface area contributed by atoms with Crippen molar-refractivity contribution in [1.29, 1.82) is 0 Å². The van der Waals surface area contributed by atoms with Crippen molar-refractivity contribution in [1.82, 2.24) is 5.32 Å². The molecule has 1 rings (SSSR count). The molecule has 0 fully saturated rings. The molecule has 0 aliphatic heterocycles. The molecule has 0 heterocycles. The van der Waals surface area contributed by atoms with Crippen LogP contribution in [0.25, 0.3) is 0 Å². The summed E-state index contributed by atoms with van der Waals surface area (Å²) in [5.41, 5.74) is 0.345. The topological polar surface area (TPSA) is 78.4 Å². The minimum absolute atomic E-state index is 0.0513. The first-order chi connectivity index (χ1) is 9.46. The lowest BCUT2D eigenvalue weighted by atomic mass is 10.1. The lowest BCUT2D eigenvalue weighted by Gasteiger charge is -2.15. The number of amides is 2. The molecule has 3 N–H and O–H groups in total. The molecule has 0 bridgehead atoms. The highest BCUT2D eigenvalue weighted by Gasteiger charge is 2.17. The fourth-order valence-electron chi connectivity index (χ4n) is 1.60. The first kappa shape index (κ1) is 16.8. The van der Waals surface area contributed by atoms with Crippen LogP contribution >= 0.6 is 23.2 Å². The van der Waals surface area contributed by atoms with Crippen LogP contribution in [0.4, 0.5) is 5.69 Å². The molecule has 0 aliphatic rings. The van der Waals surface area contributed by atoms with Gasteiger partial charge in [-0.05, 0) is 31.0 Å². The number of carbonyl (C=O) groups is 2. The number of benzene rings is 1. The molecule has 1 aromatic carbocycles. The predicted octanol–water partition coefficient (Wildman–Crippen LogP) is 2.21. The summed E-state index contributed by atoms with van der Waals surface area (Å²) in [7, 11) is 0. The van der Waals surface area contributed by atoms with E-state index >= 15 is 0 Å². The quantitative estimate of drug-likeness (QED) is 0.728. The Morgan fingerprint density at radius 3 is 2.30 bits per heavy atom. The first-order valence-electron chi connectivity index (χ1n) is 6.15. The normalized spacial score (nSPS) is 11.8. The Bertz CT molecular complexity index is 474. The Kier molecular flexibility index (Phi) is 6.78. The number of aliphatic hydroxyl groups excluding tert-OH is 1. The van der Waals surface area contributed by atoms with Crippen molar-refractivity contribution in [3.05, 3.63) is 28.2 Å². The summed E-state index contributed by atoms with van der Waals surface area (Å²) in [5.74, 6) is -1.57. The molecule has 0 saturated carbocycles. The lowest BCUT2D eigenvalue weighted by molar-refractivity contribution is -0.136. The van der Waals surface area contributed by atoms with Crippen LogP contribution in [-0.2, 0) is 9.59 Å². The summed E-state index contributed by atoms with van der Waals surface area (Å²) in [5, 5.41) is 14.5. The van der Waals surface area contributed by atoms with Gasteiger partial charge in [0.15, 0.2) is 0 Å². The molecule has 0 radical (unpaired) electrons. The Morgan fingerprint density at radius 1 is 1.20 bits per heavy atom.